The molecule has 0 aromatic heterocycles. The molecule has 1 heterocycles. The van der Waals surface area contributed by atoms with E-state index in [0.717, 1.165) is 13.0 Å². The van der Waals surface area contributed by atoms with E-state index in [2.05, 4.69) is 29.4 Å². The number of nitrogens with one attached hydrogen (secondary N) is 1. The highest BCUT2D eigenvalue weighted by atomic mass is 15.2. The van der Waals surface area contributed by atoms with Crippen LogP contribution in [0.5, 0.6) is 0 Å². The third kappa shape index (κ3) is 1.35. The summed E-state index contributed by atoms with van der Waals surface area (Å²) in [6, 6.07) is 10.3. The lowest BCUT2D eigenvalue weighted by molar-refractivity contribution is 0.415. The molecule has 1 unspecified atom stereocenters. The number of guanidine groups is 1. The number of hydrogen-bond acceptors (Lipinski definition) is 3. The first kappa shape index (κ1) is 9.06. The largest absolute Gasteiger partial charge is 0.370 e. The average Bonchev–Trinajstić information content (AvgIpc) is 2.63. The fraction of sp³-hybridized carbons (Fsp3) is 0.364. The van der Waals surface area contributed by atoms with Gasteiger partial charge in [-0.15, -0.1) is 0 Å². The number of nitrogens with zero attached hydrogens (tertiary/aromatic N) is 1. The summed E-state index contributed by atoms with van der Waals surface area (Å²) in [5, 5.41) is 3.26. The van der Waals surface area contributed by atoms with Crippen LogP contribution in [0.2, 0.25) is 0 Å². The summed E-state index contributed by atoms with van der Waals surface area (Å²) in [5.74, 6) is 0.552. The van der Waals surface area contributed by atoms with Crippen LogP contribution in [0.4, 0.5) is 0 Å². The zero-order valence-corrected chi connectivity index (χ0v) is 8.33. The Balaban J connectivity index is 2.32. The molecule has 0 saturated carbocycles. The van der Waals surface area contributed by atoms with Crippen molar-refractivity contribution in [1.29, 1.82) is 0 Å². The van der Waals surface area contributed by atoms with Crippen LogP contribution in [0.3, 0.4) is 0 Å². The molecule has 74 valence electrons. The molecule has 1 aromatic carbocycles. The van der Waals surface area contributed by atoms with Gasteiger partial charge in [-0.1, -0.05) is 37.3 Å². The third-order valence-corrected chi connectivity index (χ3v) is 2.82. The molecule has 14 heavy (non-hydrogen) atoms. The van der Waals surface area contributed by atoms with Crippen LogP contribution in [-0.2, 0) is 5.54 Å². The van der Waals surface area contributed by atoms with Gasteiger partial charge in [-0.05, 0) is 12.0 Å². The molecule has 1 atom stereocenters. The van der Waals surface area contributed by atoms with Crippen LogP contribution in [0, 0.1) is 0 Å². The van der Waals surface area contributed by atoms with E-state index in [0.29, 0.717) is 5.96 Å². The Morgan fingerprint density at radius 2 is 2.14 bits per heavy atom. The highest BCUT2D eigenvalue weighted by Crippen LogP contribution is 2.27. The summed E-state index contributed by atoms with van der Waals surface area (Å²) >= 11 is 0. The Morgan fingerprint density at radius 3 is 2.64 bits per heavy atom. The van der Waals surface area contributed by atoms with Gasteiger partial charge in [0.2, 0.25) is 0 Å². The van der Waals surface area contributed by atoms with Gasteiger partial charge >= 0.3 is 0 Å². The van der Waals surface area contributed by atoms with Crippen molar-refractivity contribution in [2.24, 2.45) is 10.7 Å². The molecule has 2 rings (SSSR count). The summed E-state index contributed by atoms with van der Waals surface area (Å²) in [4.78, 5) is 4.22. The Kier molecular flexibility index (Phi) is 2.15. The van der Waals surface area contributed by atoms with E-state index in [1.165, 1.54) is 5.56 Å². The van der Waals surface area contributed by atoms with Crippen molar-refractivity contribution in [3.63, 3.8) is 0 Å². The Labute approximate surface area is 84.0 Å². The summed E-state index contributed by atoms with van der Waals surface area (Å²) < 4.78 is 0. The predicted molar refractivity (Wildman–Crippen MR) is 58.0 cm³/mol. The van der Waals surface area contributed by atoms with Crippen LogP contribution in [0.1, 0.15) is 18.9 Å². The van der Waals surface area contributed by atoms with Crippen LogP contribution in [0.25, 0.3) is 0 Å². The van der Waals surface area contributed by atoms with Gasteiger partial charge in [0.05, 0.1) is 12.1 Å². The Hall–Kier alpha value is -1.51. The summed E-state index contributed by atoms with van der Waals surface area (Å²) in [6.45, 7) is 2.88. The molecule has 0 spiro atoms. The van der Waals surface area contributed by atoms with E-state index < -0.39 is 0 Å². The first-order valence-electron chi connectivity index (χ1n) is 4.90. The number of nitrogens with two attached hydrogens (primary N) is 1. The number of aliphatic imine (C=N–C) groups is 1. The van der Waals surface area contributed by atoms with E-state index >= 15 is 0 Å². The molecular weight excluding hydrogens is 174 g/mol. The smallest absolute Gasteiger partial charge is 0.189 e. The minimum Gasteiger partial charge on any atom is -0.370 e. The zero-order valence-electron chi connectivity index (χ0n) is 8.33. The van der Waals surface area contributed by atoms with Gasteiger partial charge in [0, 0.05) is 0 Å². The number of hydrogen-bond donors (Lipinski definition) is 2. The van der Waals surface area contributed by atoms with Gasteiger partial charge in [0.15, 0.2) is 5.96 Å². The second-order valence-corrected chi connectivity index (χ2v) is 3.63. The van der Waals surface area contributed by atoms with Gasteiger partial charge in [-0.25, -0.2) is 0 Å². The second-order valence-electron chi connectivity index (χ2n) is 3.63. The van der Waals surface area contributed by atoms with Crippen molar-refractivity contribution < 1.29 is 0 Å². The summed E-state index contributed by atoms with van der Waals surface area (Å²) in [6.07, 6.45) is 0.987. The second kappa shape index (κ2) is 3.33. The maximum absolute atomic E-state index is 5.66. The molecule has 0 fully saturated rings. The van der Waals surface area contributed by atoms with Gasteiger partial charge in [0.1, 0.15) is 0 Å². The lowest BCUT2D eigenvalue weighted by atomic mass is 9.88. The van der Waals surface area contributed by atoms with Crippen molar-refractivity contribution in [3.05, 3.63) is 35.9 Å². The van der Waals surface area contributed by atoms with E-state index in [-0.39, 0.29) is 5.54 Å². The van der Waals surface area contributed by atoms with Gasteiger partial charge < -0.3 is 11.1 Å². The maximum Gasteiger partial charge on any atom is 0.189 e. The normalized spacial score (nSPS) is 25.6. The topological polar surface area (TPSA) is 50.4 Å². The lowest BCUT2D eigenvalue weighted by Gasteiger charge is -2.28. The molecule has 1 aromatic rings. The molecule has 3 heteroatoms. The van der Waals surface area contributed by atoms with Crippen molar-refractivity contribution in [1.82, 2.24) is 5.32 Å². The molecule has 3 N–H and O–H groups in total. The third-order valence-electron chi connectivity index (χ3n) is 2.82. The summed E-state index contributed by atoms with van der Waals surface area (Å²) in [5.41, 5.74) is 6.84. The fourth-order valence-corrected chi connectivity index (χ4v) is 1.87. The highest BCUT2D eigenvalue weighted by Gasteiger charge is 2.34. The molecule has 0 radical (unpaired) electrons. The Morgan fingerprint density at radius 1 is 1.43 bits per heavy atom. The highest BCUT2D eigenvalue weighted by molar-refractivity contribution is 5.81. The van der Waals surface area contributed by atoms with Crippen molar-refractivity contribution in [2.75, 3.05) is 6.54 Å². The van der Waals surface area contributed by atoms with Crippen LogP contribution in [0.15, 0.2) is 35.3 Å². The first-order valence-corrected chi connectivity index (χ1v) is 4.90. The van der Waals surface area contributed by atoms with E-state index in [1.807, 2.05) is 18.2 Å². The van der Waals surface area contributed by atoms with Crippen LogP contribution in [-0.4, -0.2) is 12.5 Å². The quantitative estimate of drug-likeness (QED) is 0.734. The fourth-order valence-electron chi connectivity index (χ4n) is 1.87. The molecule has 0 aliphatic carbocycles. The first-order chi connectivity index (χ1) is 6.77. The molecule has 0 amide bonds. The van der Waals surface area contributed by atoms with Crippen molar-refractivity contribution >= 4 is 5.96 Å². The Bertz CT molecular complexity index is 345. The number of rotatable bonds is 2. The maximum atomic E-state index is 5.66. The lowest BCUT2D eigenvalue weighted by Crippen LogP contribution is -2.44. The average molecular weight is 189 g/mol. The van der Waals surface area contributed by atoms with Crippen LogP contribution < -0.4 is 11.1 Å². The molecule has 1 aliphatic heterocycles. The van der Waals surface area contributed by atoms with E-state index in [4.69, 9.17) is 5.73 Å². The zero-order chi connectivity index (χ0) is 10.0. The van der Waals surface area contributed by atoms with Crippen molar-refractivity contribution in [3.8, 4) is 0 Å². The minimum atomic E-state index is -0.0780. The monoisotopic (exact) mass is 189 g/mol. The summed E-state index contributed by atoms with van der Waals surface area (Å²) in [7, 11) is 0. The van der Waals surface area contributed by atoms with E-state index in [9.17, 15) is 0 Å². The molecule has 0 saturated heterocycles. The molecule has 3 nitrogen and oxygen atoms in total. The predicted octanol–water partition coefficient (Wildman–Crippen LogP) is 1.21. The standard InChI is InChI=1S/C11H15N3/c1-2-11(8-13-10(12)14-11)9-6-4-3-5-7-9/h3-7H,2,8H2,1H3,(H3,12,13,14). The molecule has 0 bridgehead atoms. The number of benzene rings is 1. The van der Waals surface area contributed by atoms with Gasteiger partial charge in [-0.3, -0.25) is 4.99 Å². The van der Waals surface area contributed by atoms with Gasteiger partial charge in [-0.2, -0.15) is 0 Å². The van der Waals surface area contributed by atoms with Gasteiger partial charge in [0.25, 0.3) is 0 Å². The van der Waals surface area contributed by atoms with Crippen LogP contribution >= 0.6 is 0 Å². The minimum absolute atomic E-state index is 0.0780. The van der Waals surface area contributed by atoms with E-state index in [1.54, 1.807) is 0 Å². The molecular formula is C11H15N3. The SMILES string of the molecule is CCC1(c2ccccc2)CN=C(N)N1. The molecule has 1 aliphatic rings. The van der Waals surface area contributed by atoms with Crippen molar-refractivity contribution in [2.45, 2.75) is 18.9 Å².